The number of carbonyl (C=O) groups is 2. The first kappa shape index (κ1) is 21.0. The van der Waals surface area contributed by atoms with Crippen LogP contribution in [0.3, 0.4) is 0 Å². The number of amides is 2. The van der Waals surface area contributed by atoms with Gasteiger partial charge in [0.05, 0.1) is 21.9 Å². The molecule has 1 aliphatic carbocycles. The van der Waals surface area contributed by atoms with Crippen molar-refractivity contribution < 1.29 is 22.7 Å². The highest BCUT2D eigenvalue weighted by atomic mass is 32.2. The summed E-state index contributed by atoms with van der Waals surface area (Å²) in [5.41, 5.74) is -0.683. The Kier molecular flexibility index (Phi) is 6.30. The largest absolute Gasteiger partial charge is 0.444 e. The summed E-state index contributed by atoms with van der Waals surface area (Å²) in [5, 5.41) is 5.37. The number of ether oxygens (including phenoxy) is 1. The molecule has 8 heteroatoms. The van der Waals surface area contributed by atoms with Crippen molar-refractivity contribution in [2.75, 3.05) is 0 Å². The molecule has 2 rings (SSSR count). The summed E-state index contributed by atoms with van der Waals surface area (Å²) in [5.74, 6) is -0.382. The fraction of sp³-hybridized carbons (Fsp3) is 0.474. The lowest BCUT2D eigenvalue weighted by atomic mass is 9.96. The Morgan fingerprint density at radius 3 is 2.30 bits per heavy atom. The van der Waals surface area contributed by atoms with E-state index >= 15 is 0 Å². The van der Waals surface area contributed by atoms with Crippen LogP contribution in [0.25, 0.3) is 0 Å². The zero-order chi connectivity index (χ0) is 20.2. The Morgan fingerprint density at radius 2 is 1.74 bits per heavy atom. The summed E-state index contributed by atoms with van der Waals surface area (Å²) in [6, 6.07) is 6.56. The van der Waals surface area contributed by atoms with Crippen molar-refractivity contribution in [3.05, 3.63) is 41.3 Å². The lowest BCUT2D eigenvalue weighted by Crippen LogP contribution is -2.55. The molecule has 2 atom stereocenters. The summed E-state index contributed by atoms with van der Waals surface area (Å²) >= 11 is 0. The van der Waals surface area contributed by atoms with E-state index in [9.17, 15) is 18.0 Å². The van der Waals surface area contributed by atoms with Crippen molar-refractivity contribution in [1.29, 1.82) is 0 Å². The molecule has 27 heavy (non-hydrogen) atoms. The smallest absolute Gasteiger partial charge is 0.407 e. The van der Waals surface area contributed by atoms with Crippen molar-refractivity contribution in [1.82, 2.24) is 10.6 Å². The molecule has 2 N–H and O–H groups in total. The molecule has 0 saturated heterocycles. The van der Waals surface area contributed by atoms with Gasteiger partial charge in [-0.15, -0.1) is 0 Å². The third-order valence-electron chi connectivity index (χ3n) is 3.96. The van der Waals surface area contributed by atoms with Crippen LogP contribution in [0.5, 0.6) is 0 Å². The molecule has 0 heterocycles. The van der Waals surface area contributed by atoms with Gasteiger partial charge in [0.1, 0.15) is 5.60 Å². The average Bonchev–Trinajstić information content (AvgIpc) is 2.55. The fourth-order valence-electron chi connectivity index (χ4n) is 2.91. The number of alkyl carbamates (subject to hydrolysis) is 1. The van der Waals surface area contributed by atoms with Gasteiger partial charge in [0, 0.05) is 6.92 Å². The first-order valence-electron chi connectivity index (χ1n) is 8.77. The summed E-state index contributed by atoms with van der Waals surface area (Å²) in [7, 11) is -3.81. The lowest BCUT2D eigenvalue weighted by molar-refractivity contribution is -0.119. The highest BCUT2D eigenvalue weighted by Gasteiger charge is 2.37. The number of nitrogens with one attached hydrogen (secondary N) is 2. The van der Waals surface area contributed by atoms with E-state index in [4.69, 9.17) is 4.74 Å². The number of rotatable bonds is 4. The summed E-state index contributed by atoms with van der Waals surface area (Å²) in [6.07, 6.45) is 1.90. The van der Waals surface area contributed by atoms with Crippen molar-refractivity contribution in [2.24, 2.45) is 0 Å². The SMILES string of the molecule is CC(=O)N[C@@H]1C(S(=O)(=O)c2ccccc2)=CCC[C@@H]1NC(=O)OC(C)(C)C. The van der Waals surface area contributed by atoms with Gasteiger partial charge in [-0.1, -0.05) is 24.3 Å². The van der Waals surface area contributed by atoms with E-state index in [2.05, 4.69) is 10.6 Å². The molecule has 7 nitrogen and oxygen atoms in total. The molecule has 0 aliphatic heterocycles. The van der Waals surface area contributed by atoms with Gasteiger partial charge in [-0.3, -0.25) is 4.79 Å². The quantitative estimate of drug-likeness (QED) is 0.817. The second-order valence-corrected chi connectivity index (χ2v) is 9.38. The van der Waals surface area contributed by atoms with Gasteiger partial charge in [0.15, 0.2) is 0 Å². The molecule has 1 aromatic carbocycles. The monoisotopic (exact) mass is 394 g/mol. The molecule has 0 saturated carbocycles. The Hall–Kier alpha value is -2.35. The van der Waals surface area contributed by atoms with Crippen LogP contribution >= 0.6 is 0 Å². The zero-order valence-electron chi connectivity index (χ0n) is 16.0. The van der Waals surface area contributed by atoms with Crippen LogP contribution in [-0.2, 0) is 19.4 Å². The first-order valence-corrected chi connectivity index (χ1v) is 10.3. The maximum Gasteiger partial charge on any atom is 0.407 e. The van der Waals surface area contributed by atoms with E-state index in [1.54, 1.807) is 45.0 Å². The van der Waals surface area contributed by atoms with Crippen LogP contribution in [0.15, 0.2) is 46.2 Å². The van der Waals surface area contributed by atoms with Gasteiger partial charge in [-0.2, -0.15) is 0 Å². The minimum absolute atomic E-state index is 0.0798. The second kappa shape index (κ2) is 8.12. The standard InChI is InChI=1S/C19H26N2O5S/c1-13(22)20-17-15(21-18(23)26-19(2,3)4)11-8-12-16(17)27(24,25)14-9-6-5-7-10-14/h5-7,9-10,12,15,17H,8,11H2,1-4H3,(H,20,22)(H,21,23)/t15-,17-/m0/s1. The van der Waals surface area contributed by atoms with Crippen LogP contribution < -0.4 is 10.6 Å². The number of sulfone groups is 1. The fourth-order valence-corrected chi connectivity index (χ4v) is 4.60. The van der Waals surface area contributed by atoms with Gasteiger partial charge in [0.25, 0.3) is 0 Å². The van der Waals surface area contributed by atoms with Crippen LogP contribution in [-0.4, -0.2) is 38.1 Å². The topological polar surface area (TPSA) is 102 Å². The Labute approximate surface area is 160 Å². The Bertz CT molecular complexity index is 825. The molecule has 0 fully saturated rings. The number of carbonyl (C=O) groups excluding carboxylic acids is 2. The average molecular weight is 394 g/mol. The van der Waals surface area contributed by atoms with Crippen LogP contribution in [0.2, 0.25) is 0 Å². The number of hydrogen-bond donors (Lipinski definition) is 2. The predicted molar refractivity (Wildman–Crippen MR) is 102 cm³/mol. The maximum atomic E-state index is 13.1. The molecule has 0 aromatic heterocycles. The minimum Gasteiger partial charge on any atom is -0.444 e. The second-order valence-electron chi connectivity index (χ2n) is 7.43. The van der Waals surface area contributed by atoms with Crippen LogP contribution in [0, 0.1) is 0 Å². The number of allylic oxidation sites excluding steroid dienone is 1. The third kappa shape index (κ3) is 5.56. The van der Waals surface area contributed by atoms with Crippen molar-refractivity contribution >= 4 is 21.8 Å². The summed E-state index contributed by atoms with van der Waals surface area (Å²) in [6.45, 7) is 6.53. The zero-order valence-corrected chi connectivity index (χ0v) is 16.8. The molecule has 1 aromatic rings. The van der Waals surface area contributed by atoms with Crippen molar-refractivity contribution in [3.8, 4) is 0 Å². The van der Waals surface area contributed by atoms with E-state index in [0.717, 1.165) is 0 Å². The Morgan fingerprint density at radius 1 is 1.11 bits per heavy atom. The molecule has 148 valence electrons. The van der Waals surface area contributed by atoms with E-state index in [0.29, 0.717) is 12.8 Å². The third-order valence-corrected chi connectivity index (χ3v) is 5.89. The molecule has 0 unspecified atom stereocenters. The van der Waals surface area contributed by atoms with E-state index in [-0.39, 0.29) is 15.7 Å². The van der Waals surface area contributed by atoms with Gasteiger partial charge in [-0.25, -0.2) is 13.2 Å². The normalized spacial score (nSPS) is 20.4. The van der Waals surface area contributed by atoms with Gasteiger partial charge in [-0.05, 0) is 45.7 Å². The number of hydrogen-bond acceptors (Lipinski definition) is 5. The number of benzene rings is 1. The van der Waals surface area contributed by atoms with Crippen LogP contribution in [0.1, 0.15) is 40.5 Å². The molecule has 0 spiro atoms. The highest BCUT2D eigenvalue weighted by molar-refractivity contribution is 7.95. The Balaban J connectivity index is 2.33. The van der Waals surface area contributed by atoms with Gasteiger partial charge >= 0.3 is 6.09 Å². The maximum absolute atomic E-state index is 13.1. The summed E-state index contributed by atoms with van der Waals surface area (Å²) in [4.78, 5) is 24.1. The van der Waals surface area contributed by atoms with E-state index < -0.39 is 33.6 Å². The van der Waals surface area contributed by atoms with Gasteiger partial charge in [0.2, 0.25) is 15.7 Å². The lowest BCUT2D eigenvalue weighted by Gasteiger charge is -2.33. The van der Waals surface area contributed by atoms with E-state index in [1.807, 2.05) is 0 Å². The van der Waals surface area contributed by atoms with Crippen LogP contribution in [0.4, 0.5) is 4.79 Å². The molecular formula is C19H26N2O5S. The predicted octanol–water partition coefficient (Wildman–Crippen LogP) is 2.54. The summed E-state index contributed by atoms with van der Waals surface area (Å²) < 4.78 is 31.4. The molecule has 2 amide bonds. The van der Waals surface area contributed by atoms with Gasteiger partial charge < -0.3 is 15.4 Å². The molecule has 1 aliphatic rings. The van der Waals surface area contributed by atoms with E-state index in [1.165, 1.54) is 19.1 Å². The minimum atomic E-state index is -3.81. The van der Waals surface area contributed by atoms with Crippen molar-refractivity contribution in [3.63, 3.8) is 0 Å². The van der Waals surface area contributed by atoms with Crippen molar-refractivity contribution in [2.45, 2.75) is 63.1 Å². The highest BCUT2D eigenvalue weighted by Crippen LogP contribution is 2.29. The first-order chi connectivity index (χ1) is 12.5. The molecule has 0 bridgehead atoms. The molecular weight excluding hydrogens is 368 g/mol. The molecule has 0 radical (unpaired) electrons.